The predicted molar refractivity (Wildman–Crippen MR) is 96.1 cm³/mol. The lowest BCUT2D eigenvalue weighted by atomic mass is 10.1. The van der Waals surface area contributed by atoms with Gasteiger partial charge in [0.15, 0.2) is 5.76 Å². The van der Waals surface area contributed by atoms with Crippen LogP contribution in [0.25, 0.3) is 11.0 Å². The van der Waals surface area contributed by atoms with Gasteiger partial charge in [0.25, 0.3) is 5.91 Å². The molecule has 24 heavy (non-hydrogen) atoms. The van der Waals surface area contributed by atoms with Gasteiger partial charge in [-0.3, -0.25) is 9.69 Å². The first kappa shape index (κ1) is 16.8. The van der Waals surface area contributed by atoms with Crippen LogP contribution in [0.15, 0.2) is 49.9 Å². The molecule has 0 aliphatic carbocycles. The number of benzene rings is 1. The molecule has 126 valence electrons. The second-order valence-corrected chi connectivity index (χ2v) is 6.82. The summed E-state index contributed by atoms with van der Waals surface area (Å²) in [6.45, 7) is 2.32. The number of carbonyl (C=O) groups is 1. The third kappa shape index (κ3) is 3.25. The van der Waals surface area contributed by atoms with Crippen molar-refractivity contribution in [3.05, 3.63) is 58.2 Å². The lowest BCUT2D eigenvalue weighted by Crippen LogP contribution is -2.34. The van der Waals surface area contributed by atoms with Crippen molar-refractivity contribution in [3.63, 3.8) is 0 Å². The van der Waals surface area contributed by atoms with Crippen LogP contribution in [0.3, 0.4) is 0 Å². The van der Waals surface area contributed by atoms with E-state index >= 15 is 0 Å². The minimum absolute atomic E-state index is 0.0391. The van der Waals surface area contributed by atoms with Gasteiger partial charge < -0.3 is 14.2 Å². The van der Waals surface area contributed by atoms with Crippen molar-refractivity contribution in [3.8, 4) is 0 Å². The molecule has 0 fully saturated rings. The number of aryl methyl sites for hydroxylation is 1. The molecule has 0 saturated carbocycles. The van der Waals surface area contributed by atoms with Gasteiger partial charge in [-0.1, -0.05) is 15.9 Å². The Labute approximate surface area is 148 Å². The lowest BCUT2D eigenvalue weighted by molar-refractivity contribution is 0.0912. The van der Waals surface area contributed by atoms with Crippen molar-refractivity contribution in [1.29, 1.82) is 0 Å². The summed E-state index contributed by atoms with van der Waals surface area (Å²) in [6, 6.07) is 9.45. The van der Waals surface area contributed by atoms with Gasteiger partial charge in [0.2, 0.25) is 0 Å². The van der Waals surface area contributed by atoms with Crippen LogP contribution >= 0.6 is 15.9 Å². The molecule has 1 aromatic carbocycles. The average molecular weight is 391 g/mol. The van der Waals surface area contributed by atoms with Gasteiger partial charge in [-0.2, -0.15) is 0 Å². The Hall–Kier alpha value is -2.05. The number of halogens is 1. The molecule has 0 aliphatic heterocycles. The van der Waals surface area contributed by atoms with E-state index in [4.69, 9.17) is 8.83 Å². The molecule has 1 amide bonds. The Morgan fingerprint density at radius 2 is 2.12 bits per heavy atom. The molecule has 3 aromatic rings. The maximum atomic E-state index is 12.6. The molecule has 2 aromatic heterocycles. The first-order valence-electron chi connectivity index (χ1n) is 7.64. The largest absolute Gasteiger partial charge is 0.468 e. The Bertz CT molecular complexity index is 853. The summed E-state index contributed by atoms with van der Waals surface area (Å²) in [5.74, 6) is 0.934. The number of nitrogens with one attached hydrogen (secondary N) is 1. The molecule has 0 aliphatic rings. The first-order valence-corrected chi connectivity index (χ1v) is 8.43. The molecule has 5 nitrogen and oxygen atoms in total. The first-order chi connectivity index (χ1) is 11.5. The van der Waals surface area contributed by atoms with Crippen LogP contribution < -0.4 is 5.32 Å². The molecule has 6 heteroatoms. The van der Waals surface area contributed by atoms with Crippen LogP contribution in [-0.2, 0) is 0 Å². The highest BCUT2D eigenvalue weighted by molar-refractivity contribution is 9.10. The molecule has 1 unspecified atom stereocenters. The number of carbonyl (C=O) groups excluding carboxylic acids is 1. The molecule has 3 rings (SSSR count). The number of amides is 1. The molecule has 0 saturated heterocycles. The molecule has 0 bridgehead atoms. The zero-order valence-electron chi connectivity index (χ0n) is 13.8. The van der Waals surface area contributed by atoms with E-state index in [1.54, 1.807) is 6.26 Å². The standard InChI is InChI=1S/C18H19BrN2O3/c1-11-13-7-6-12(19)9-16(13)24-17(11)18(22)20-10-14(21(2)3)15-5-4-8-23-15/h4-9,14H,10H2,1-3H3,(H,20,22). The Morgan fingerprint density at radius 3 is 2.79 bits per heavy atom. The summed E-state index contributed by atoms with van der Waals surface area (Å²) in [6.07, 6.45) is 1.63. The molecular formula is C18H19BrN2O3. The maximum Gasteiger partial charge on any atom is 0.287 e. The Morgan fingerprint density at radius 1 is 1.33 bits per heavy atom. The van der Waals surface area contributed by atoms with Gasteiger partial charge in [-0.15, -0.1) is 0 Å². The predicted octanol–water partition coefficient (Wildman–Crippen LogP) is 4.13. The van der Waals surface area contributed by atoms with Crippen LogP contribution in [0.5, 0.6) is 0 Å². The fraction of sp³-hybridized carbons (Fsp3) is 0.278. The summed E-state index contributed by atoms with van der Waals surface area (Å²) < 4.78 is 12.1. The van der Waals surface area contributed by atoms with Crippen LogP contribution in [0, 0.1) is 6.92 Å². The molecule has 1 N–H and O–H groups in total. The van der Waals surface area contributed by atoms with Crippen LogP contribution in [0.4, 0.5) is 0 Å². The summed E-state index contributed by atoms with van der Waals surface area (Å²) in [4.78, 5) is 14.6. The molecule has 0 radical (unpaired) electrons. The van der Waals surface area contributed by atoms with Gasteiger partial charge in [0, 0.05) is 22.0 Å². The SMILES string of the molecule is Cc1c(C(=O)NCC(c2ccco2)N(C)C)oc2cc(Br)ccc12. The van der Waals surface area contributed by atoms with Crippen LogP contribution in [0.2, 0.25) is 0 Å². The summed E-state index contributed by atoms with van der Waals surface area (Å²) in [5.41, 5.74) is 1.54. The molecule has 2 heterocycles. The van der Waals surface area contributed by atoms with Crippen LogP contribution in [0.1, 0.15) is 27.9 Å². The van der Waals surface area contributed by atoms with E-state index in [2.05, 4.69) is 21.2 Å². The third-order valence-corrected chi connectivity index (χ3v) is 4.55. The smallest absolute Gasteiger partial charge is 0.287 e. The van der Waals surface area contributed by atoms with E-state index in [1.165, 1.54) is 0 Å². The Kier molecular flexibility index (Phi) is 4.78. The number of hydrogen-bond acceptors (Lipinski definition) is 4. The summed E-state index contributed by atoms with van der Waals surface area (Å²) in [7, 11) is 3.90. The van der Waals surface area contributed by atoms with Crippen molar-refractivity contribution < 1.29 is 13.6 Å². The van der Waals surface area contributed by atoms with E-state index in [1.807, 2.05) is 56.3 Å². The number of fused-ring (bicyclic) bond motifs is 1. The lowest BCUT2D eigenvalue weighted by Gasteiger charge is -2.22. The van der Waals surface area contributed by atoms with E-state index in [9.17, 15) is 4.79 Å². The third-order valence-electron chi connectivity index (χ3n) is 4.06. The monoisotopic (exact) mass is 390 g/mol. The number of nitrogens with zero attached hydrogens (tertiary/aromatic N) is 1. The van der Waals surface area contributed by atoms with E-state index in [0.29, 0.717) is 17.9 Å². The Balaban J connectivity index is 1.78. The van der Waals surface area contributed by atoms with E-state index in [0.717, 1.165) is 21.2 Å². The van der Waals surface area contributed by atoms with Gasteiger partial charge in [0.1, 0.15) is 11.3 Å². The second-order valence-electron chi connectivity index (χ2n) is 5.90. The minimum Gasteiger partial charge on any atom is -0.468 e. The molecule has 0 spiro atoms. The van der Waals surface area contributed by atoms with Crippen molar-refractivity contribution in [2.24, 2.45) is 0 Å². The van der Waals surface area contributed by atoms with E-state index in [-0.39, 0.29) is 11.9 Å². The fourth-order valence-electron chi connectivity index (χ4n) is 2.70. The van der Waals surface area contributed by atoms with Crippen molar-refractivity contribution in [2.75, 3.05) is 20.6 Å². The van der Waals surface area contributed by atoms with Crippen molar-refractivity contribution in [1.82, 2.24) is 10.2 Å². The van der Waals surface area contributed by atoms with E-state index < -0.39 is 0 Å². The van der Waals surface area contributed by atoms with Gasteiger partial charge in [-0.25, -0.2) is 0 Å². The average Bonchev–Trinajstić information content (AvgIpc) is 3.15. The van der Waals surface area contributed by atoms with Crippen molar-refractivity contribution >= 4 is 32.8 Å². The highest BCUT2D eigenvalue weighted by Gasteiger charge is 2.21. The normalized spacial score (nSPS) is 12.7. The maximum absolute atomic E-state index is 12.6. The van der Waals surface area contributed by atoms with Gasteiger partial charge in [0.05, 0.1) is 12.3 Å². The topological polar surface area (TPSA) is 58.6 Å². The zero-order valence-corrected chi connectivity index (χ0v) is 15.4. The number of rotatable bonds is 5. The van der Waals surface area contributed by atoms with Gasteiger partial charge in [-0.05, 0) is 51.4 Å². The fourth-order valence-corrected chi connectivity index (χ4v) is 3.04. The van der Waals surface area contributed by atoms with Crippen LogP contribution in [-0.4, -0.2) is 31.4 Å². The number of furan rings is 2. The molecule has 1 atom stereocenters. The molecular weight excluding hydrogens is 372 g/mol. The highest BCUT2D eigenvalue weighted by atomic mass is 79.9. The van der Waals surface area contributed by atoms with Crippen molar-refractivity contribution in [2.45, 2.75) is 13.0 Å². The minimum atomic E-state index is -0.224. The van der Waals surface area contributed by atoms with Gasteiger partial charge >= 0.3 is 0 Å². The quantitative estimate of drug-likeness (QED) is 0.711. The summed E-state index contributed by atoms with van der Waals surface area (Å²) in [5, 5.41) is 3.88. The summed E-state index contributed by atoms with van der Waals surface area (Å²) >= 11 is 3.41. The zero-order chi connectivity index (χ0) is 17.3. The second kappa shape index (κ2) is 6.83. The number of likely N-dealkylation sites (N-methyl/N-ethyl adjacent to an activating group) is 1. The number of hydrogen-bond donors (Lipinski definition) is 1. The highest BCUT2D eigenvalue weighted by Crippen LogP contribution is 2.28.